The fraction of sp³-hybridized carbons (Fsp3) is 0.267. The van der Waals surface area contributed by atoms with Crippen LogP contribution in [0.25, 0.3) is 16.5 Å². The molecule has 16 heavy (non-hydrogen) atoms. The van der Waals surface area contributed by atoms with Gasteiger partial charge in [0.1, 0.15) is 0 Å². The third-order valence-corrected chi connectivity index (χ3v) is 2.85. The van der Waals surface area contributed by atoms with E-state index in [0.717, 1.165) is 17.5 Å². The first kappa shape index (κ1) is 10.9. The van der Waals surface area contributed by atoms with Crippen molar-refractivity contribution >= 4 is 16.5 Å². The van der Waals surface area contributed by atoms with Crippen LogP contribution in [0, 0.1) is 0 Å². The quantitative estimate of drug-likeness (QED) is 0.740. The molecule has 0 unspecified atom stereocenters. The van der Waals surface area contributed by atoms with Gasteiger partial charge in [0, 0.05) is 11.6 Å². The van der Waals surface area contributed by atoms with Crippen molar-refractivity contribution in [2.24, 2.45) is 0 Å². The highest BCUT2D eigenvalue weighted by Crippen LogP contribution is 2.22. The Hall–Kier alpha value is -1.63. The molecule has 0 fully saturated rings. The van der Waals surface area contributed by atoms with Crippen LogP contribution >= 0.6 is 0 Å². The van der Waals surface area contributed by atoms with Gasteiger partial charge in [0.2, 0.25) is 0 Å². The maximum Gasteiger partial charge on any atom is 0.0710 e. The van der Waals surface area contributed by atoms with E-state index in [0.29, 0.717) is 0 Å². The second kappa shape index (κ2) is 4.48. The largest absolute Gasteiger partial charge is 0.256 e. The Morgan fingerprint density at radius 1 is 1.31 bits per heavy atom. The molecule has 0 radical (unpaired) electrons. The van der Waals surface area contributed by atoms with E-state index in [-0.39, 0.29) is 0 Å². The molecule has 0 bridgehead atoms. The second-order valence-corrected chi connectivity index (χ2v) is 4.23. The van der Waals surface area contributed by atoms with Crippen LogP contribution in [0.3, 0.4) is 0 Å². The number of hydrogen-bond donors (Lipinski definition) is 0. The van der Waals surface area contributed by atoms with Crippen molar-refractivity contribution in [2.75, 3.05) is 0 Å². The van der Waals surface area contributed by atoms with Crippen LogP contribution in [-0.4, -0.2) is 4.98 Å². The minimum atomic E-state index is 1.08. The summed E-state index contributed by atoms with van der Waals surface area (Å²) >= 11 is 0. The normalized spacial score (nSPS) is 10.6. The van der Waals surface area contributed by atoms with Crippen LogP contribution in [0.15, 0.2) is 37.0 Å². The predicted molar refractivity (Wildman–Crippen MR) is 70.4 cm³/mol. The molecule has 1 aromatic heterocycles. The lowest BCUT2D eigenvalue weighted by Gasteiger charge is -2.06. The van der Waals surface area contributed by atoms with Crippen LogP contribution in [0.2, 0.25) is 0 Å². The molecule has 0 atom stereocenters. The number of rotatable bonds is 3. The molecule has 1 heteroatoms. The molecule has 1 nitrogen and oxygen atoms in total. The molecule has 0 aliphatic rings. The first-order valence-corrected chi connectivity index (χ1v) is 5.76. The van der Waals surface area contributed by atoms with Gasteiger partial charge in [-0.25, -0.2) is 0 Å². The van der Waals surface area contributed by atoms with Crippen LogP contribution in [0.1, 0.15) is 31.4 Å². The highest BCUT2D eigenvalue weighted by molar-refractivity contribution is 5.85. The van der Waals surface area contributed by atoms with Crippen LogP contribution in [0.5, 0.6) is 0 Å². The second-order valence-electron chi connectivity index (χ2n) is 4.23. The number of hydrogen-bond acceptors (Lipinski definition) is 1. The van der Waals surface area contributed by atoms with Gasteiger partial charge < -0.3 is 0 Å². The first-order chi connectivity index (χ1) is 7.72. The van der Waals surface area contributed by atoms with Crippen molar-refractivity contribution in [3.63, 3.8) is 0 Å². The van der Waals surface area contributed by atoms with E-state index in [1.54, 1.807) is 0 Å². The fourth-order valence-electron chi connectivity index (χ4n) is 1.96. The lowest BCUT2D eigenvalue weighted by molar-refractivity contribution is 0.928. The van der Waals surface area contributed by atoms with Gasteiger partial charge in [-0.2, -0.15) is 0 Å². The Morgan fingerprint density at radius 2 is 2.12 bits per heavy atom. The predicted octanol–water partition coefficient (Wildman–Crippen LogP) is 4.22. The fourth-order valence-corrected chi connectivity index (χ4v) is 1.96. The molecule has 0 N–H and O–H groups in total. The van der Waals surface area contributed by atoms with Crippen molar-refractivity contribution in [3.8, 4) is 0 Å². The van der Waals surface area contributed by atoms with E-state index < -0.39 is 0 Å². The molecule has 0 aliphatic heterocycles. The first-order valence-electron chi connectivity index (χ1n) is 5.76. The summed E-state index contributed by atoms with van der Waals surface area (Å²) in [5, 5.41) is 1.27. The molecule has 0 spiro atoms. The average Bonchev–Trinajstić information content (AvgIpc) is 2.29. The molecule has 0 saturated carbocycles. The Labute approximate surface area is 96.8 Å². The zero-order chi connectivity index (χ0) is 11.5. The smallest absolute Gasteiger partial charge is 0.0710 e. The maximum atomic E-state index is 4.43. The van der Waals surface area contributed by atoms with Crippen molar-refractivity contribution < 1.29 is 0 Å². The molecule has 82 valence electrons. The molecular weight excluding hydrogens is 194 g/mol. The van der Waals surface area contributed by atoms with Crippen LogP contribution in [-0.2, 0) is 6.42 Å². The third kappa shape index (κ3) is 1.99. The number of pyridine rings is 1. The molecule has 1 aromatic carbocycles. The van der Waals surface area contributed by atoms with Crippen molar-refractivity contribution in [3.05, 3.63) is 48.2 Å². The third-order valence-electron chi connectivity index (χ3n) is 2.85. The lowest BCUT2D eigenvalue weighted by atomic mass is 10.0. The Kier molecular flexibility index (Phi) is 3.04. The van der Waals surface area contributed by atoms with Gasteiger partial charge in [0.25, 0.3) is 0 Å². The summed E-state index contributed by atoms with van der Waals surface area (Å²) < 4.78 is 0. The summed E-state index contributed by atoms with van der Waals surface area (Å²) in [5.74, 6) is 0. The van der Waals surface area contributed by atoms with Crippen molar-refractivity contribution in [1.82, 2.24) is 4.98 Å². The van der Waals surface area contributed by atoms with E-state index in [1.807, 2.05) is 13.1 Å². The van der Waals surface area contributed by atoms with Gasteiger partial charge in [0.05, 0.1) is 5.52 Å². The van der Waals surface area contributed by atoms with E-state index >= 15 is 0 Å². The SMILES string of the molecule is C=C(C)c1ccc2c(CCC)ccnc2c1. The minimum absolute atomic E-state index is 1.08. The van der Waals surface area contributed by atoms with Crippen molar-refractivity contribution in [2.45, 2.75) is 26.7 Å². The molecule has 0 aliphatic carbocycles. The van der Waals surface area contributed by atoms with Gasteiger partial charge in [-0.15, -0.1) is 0 Å². The summed E-state index contributed by atoms with van der Waals surface area (Å²) in [6.45, 7) is 8.19. The number of benzene rings is 1. The highest BCUT2D eigenvalue weighted by Gasteiger charge is 2.02. The van der Waals surface area contributed by atoms with Gasteiger partial charge in [-0.05, 0) is 36.6 Å². The van der Waals surface area contributed by atoms with Gasteiger partial charge in [-0.1, -0.05) is 37.6 Å². The molecule has 2 aromatic rings. The van der Waals surface area contributed by atoms with E-state index in [2.05, 4.69) is 42.8 Å². The van der Waals surface area contributed by atoms with Crippen molar-refractivity contribution in [1.29, 1.82) is 0 Å². The number of aromatic nitrogens is 1. The van der Waals surface area contributed by atoms with Crippen LogP contribution in [0.4, 0.5) is 0 Å². The topological polar surface area (TPSA) is 12.9 Å². The van der Waals surface area contributed by atoms with E-state index in [4.69, 9.17) is 0 Å². The Balaban J connectivity index is 2.59. The standard InChI is InChI=1S/C15H17N/c1-4-5-12-8-9-16-15-10-13(11(2)3)6-7-14(12)15/h6-10H,2,4-5H2,1,3H3. The highest BCUT2D eigenvalue weighted by atomic mass is 14.6. The molecule has 2 rings (SSSR count). The zero-order valence-electron chi connectivity index (χ0n) is 9.96. The average molecular weight is 211 g/mol. The lowest BCUT2D eigenvalue weighted by Crippen LogP contribution is -1.89. The minimum Gasteiger partial charge on any atom is -0.256 e. The van der Waals surface area contributed by atoms with Gasteiger partial charge in [0.15, 0.2) is 0 Å². The summed E-state index contributed by atoms with van der Waals surface area (Å²) in [5.41, 5.74) is 4.73. The monoisotopic (exact) mass is 211 g/mol. The number of allylic oxidation sites excluding steroid dienone is 1. The van der Waals surface area contributed by atoms with Gasteiger partial charge >= 0.3 is 0 Å². The molecule has 1 heterocycles. The summed E-state index contributed by atoms with van der Waals surface area (Å²) in [6, 6.07) is 8.53. The molecule has 0 amide bonds. The maximum absolute atomic E-state index is 4.43. The number of nitrogens with zero attached hydrogens (tertiary/aromatic N) is 1. The Morgan fingerprint density at radius 3 is 2.81 bits per heavy atom. The number of aryl methyl sites for hydroxylation is 1. The van der Waals surface area contributed by atoms with E-state index in [9.17, 15) is 0 Å². The van der Waals surface area contributed by atoms with E-state index in [1.165, 1.54) is 22.9 Å². The molecule has 0 saturated heterocycles. The van der Waals surface area contributed by atoms with Crippen LogP contribution < -0.4 is 0 Å². The number of fused-ring (bicyclic) bond motifs is 1. The van der Waals surface area contributed by atoms with Gasteiger partial charge in [-0.3, -0.25) is 4.98 Å². The Bertz CT molecular complexity index is 526. The summed E-state index contributed by atoms with van der Waals surface area (Å²) in [4.78, 5) is 4.43. The summed E-state index contributed by atoms with van der Waals surface area (Å²) in [7, 11) is 0. The summed E-state index contributed by atoms with van der Waals surface area (Å²) in [6.07, 6.45) is 4.18. The molecular formula is C15H17N. The zero-order valence-corrected chi connectivity index (χ0v) is 9.96.